The van der Waals surface area contributed by atoms with Gasteiger partial charge in [0.15, 0.2) is 6.29 Å². The van der Waals surface area contributed by atoms with Gasteiger partial charge in [-0.2, -0.15) is 0 Å². The average Bonchev–Trinajstić information content (AvgIpc) is 2.66. The Morgan fingerprint density at radius 1 is 1.04 bits per heavy atom. The summed E-state index contributed by atoms with van der Waals surface area (Å²) < 4.78 is 22.2. The highest BCUT2D eigenvalue weighted by Gasteiger charge is 2.47. The van der Waals surface area contributed by atoms with Crippen molar-refractivity contribution in [3.05, 3.63) is 0 Å². The van der Waals surface area contributed by atoms with Gasteiger partial charge in [-0.1, -0.05) is 26.7 Å². The van der Waals surface area contributed by atoms with E-state index in [2.05, 4.69) is 0 Å². The summed E-state index contributed by atoms with van der Waals surface area (Å²) in [5.74, 6) is -1.24. The molecule has 1 rings (SSSR count). The molecule has 1 heterocycles. The number of aliphatic hydroxyl groups excluding tert-OH is 1. The second-order valence-corrected chi connectivity index (χ2v) is 7.03. The van der Waals surface area contributed by atoms with Crippen molar-refractivity contribution in [3.8, 4) is 0 Å². The molecule has 0 aromatic carbocycles. The van der Waals surface area contributed by atoms with Crippen molar-refractivity contribution in [2.75, 3.05) is 26.2 Å². The highest BCUT2D eigenvalue weighted by atomic mass is 35.5. The standard InChI is InChI=1S/C19H33ClO7/c1-4-6-8-25-17-14(10-13(21)12-20)15(11-16(22)24-3)27-19(23)18(17)26-9-7-5-2/h14-15,17-19,23H,4-12H2,1-3H3/t14-,15?,17+,18?,19-/m1/s1. The second-order valence-electron chi connectivity index (χ2n) is 6.76. The van der Waals surface area contributed by atoms with Crippen LogP contribution in [-0.2, 0) is 28.5 Å². The maximum atomic E-state index is 12.0. The normalized spacial score (nSPS) is 28.1. The maximum absolute atomic E-state index is 12.0. The van der Waals surface area contributed by atoms with E-state index in [4.69, 9.17) is 30.5 Å². The van der Waals surface area contributed by atoms with Crippen LogP contribution in [0.5, 0.6) is 0 Å². The number of esters is 1. The zero-order valence-corrected chi connectivity index (χ0v) is 17.3. The van der Waals surface area contributed by atoms with E-state index >= 15 is 0 Å². The molecule has 7 nitrogen and oxygen atoms in total. The Morgan fingerprint density at radius 2 is 1.63 bits per heavy atom. The summed E-state index contributed by atoms with van der Waals surface area (Å²) in [5, 5.41) is 10.5. The van der Waals surface area contributed by atoms with E-state index in [9.17, 15) is 14.7 Å². The fraction of sp³-hybridized carbons (Fsp3) is 0.895. The first-order valence-corrected chi connectivity index (χ1v) is 10.2. The van der Waals surface area contributed by atoms with E-state index in [1.165, 1.54) is 7.11 Å². The second kappa shape index (κ2) is 13.4. The van der Waals surface area contributed by atoms with Gasteiger partial charge in [0.05, 0.1) is 31.6 Å². The van der Waals surface area contributed by atoms with Gasteiger partial charge in [-0.3, -0.25) is 9.59 Å². The fourth-order valence-corrected chi connectivity index (χ4v) is 3.22. The summed E-state index contributed by atoms with van der Waals surface area (Å²) in [7, 11) is 1.28. The quantitative estimate of drug-likeness (QED) is 0.284. The van der Waals surface area contributed by atoms with Gasteiger partial charge in [0.25, 0.3) is 0 Å². The van der Waals surface area contributed by atoms with E-state index in [-0.39, 0.29) is 24.5 Å². The Labute approximate surface area is 166 Å². The zero-order chi connectivity index (χ0) is 20.2. The molecule has 0 radical (unpaired) electrons. The number of hydrogen-bond acceptors (Lipinski definition) is 7. The molecule has 0 spiro atoms. The molecule has 0 aromatic rings. The van der Waals surface area contributed by atoms with Gasteiger partial charge in [-0.15, -0.1) is 11.6 Å². The Kier molecular flexibility index (Phi) is 12.1. The van der Waals surface area contributed by atoms with Crippen LogP contribution < -0.4 is 0 Å². The topological polar surface area (TPSA) is 91.3 Å². The highest BCUT2D eigenvalue weighted by molar-refractivity contribution is 6.27. The Balaban J connectivity index is 3.03. The first-order chi connectivity index (χ1) is 13.0. The molecule has 158 valence electrons. The van der Waals surface area contributed by atoms with E-state index in [1.54, 1.807) is 0 Å². The summed E-state index contributed by atoms with van der Waals surface area (Å²) in [6.45, 7) is 5.01. The maximum Gasteiger partial charge on any atom is 0.308 e. The van der Waals surface area contributed by atoms with E-state index in [0.29, 0.717) is 13.2 Å². The van der Waals surface area contributed by atoms with Crippen molar-refractivity contribution in [2.24, 2.45) is 5.92 Å². The number of carbonyl (C=O) groups is 2. The summed E-state index contributed by atoms with van der Waals surface area (Å²) in [5.41, 5.74) is 0. The highest BCUT2D eigenvalue weighted by Crippen LogP contribution is 2.34. The molecular weight excluding hydrogens is 376 g/mol. The molecule has 2 unspecified atom stereocenters. The van der Waals surface area contributed by atoms with Crippen LogP contribution in [0, 0.1) is 5.92 Å². The predicted molar refractivity (Wildman–Crippen MR) is 101 cm³/mol. The van der Waals surface area contributed by atoms with Crippen LogP contribution in [0.2, 0.25) is 0 Å². The molecule has 1 saturated heterocycles. The fourth-order valence-electron chi connectivity index (χ4n) is 3.11. The summed E-state index contributed by atoms with van der Waals surface area (Å²) in [6, 6.07) is 0. The number of Topliss-reactive ketones (excluding diaryl/α,β-unsaturated/α-hetero) is 1. The molecule has 0 aliphatic carbocycles. The minimum Gasteiger partial charge on any atom is -0.469 e. The first kappa shape index (κ1) is 24.3. The third kappa shape index (κ3) is 8.03. The lowest BCUT2D eigenvalue weighted by atomic mass is 9.83. The van der Waals surface area contributed by atoms with Crippen LogP contribution in [0.3, 0.4) is 0 Å². The van der Waals surface area contributed by atoms with Gasteiger partial charge in [-0.25, -0.2) is 0 Å². The van der Waals surface area contributed by atoms with Crippen molar-refractivity contribution in [1.82, 2.24) is 0 Å². The summed E-state index contributed by atoms with van der Waals surface area (Å²) in [4.78, 5) is 23.8. The first-order valence-electron chi connectivity index (χ1n) is 9.69. The largest absolute Gasteiger partial charge is 0.469 e. The molecular formula is C19H33ClO7. The van der Waals surface area contributed by atoms with Gasteiger partial charge in [0.2, 0.25) is 0 Å². The molecule has 1 aliphatic heterocycles. The summed E-state index contributed by atoms with van der Waals surface area (Å²) >= 11 is 5.69. The lowest BCUT2D eigenvalue weighted by molar-refractivity contribution is -0.288. The molecule has 0 bridgehead atoms. The number of halogens is 1. The third-order valence-electron chi connectivity index (χ3n) is 4.64. The van der Waals surface area contributed by atoms with Crippen LogP contribution in [0.15, 0.2) is 0 Å². The predicted octanol–water partition coefficient (Wildman–Crippen LogP) is 2.45. The van der Waals surface area contributed by atoms with Crippen LogP contribution in [0.1, 0.15) is 52.4 Å². The van der Waals surface area contributed by atoms with Gasteiger partial charge < -0.3 is 24.1 Å². The number of ether oxygens (including phenoxy) is 4. The number of aliphatic hydroxyl groups is 1. The number of alkyl halides is 1. The van der Waals surface area contributed by atoms with Crippen molar-refractivity contribution in [3.63, 3.8) is 0 Å². The minimum atomic E-state index is -1.24. The lowest BCUT2D eigenvalue weighted by Crippen LogP contribution is -2.57. The molecule has 5 atom stereocenters. The number of ketones is 1. The van der Waals surface area contributed by atoms with Crippen LogP contribution in [-0.4, -0.2) is 67.7 Å². The van der Waals surface area contributed by atoms with Gasteiger partial charge >= 0.3 is 5.97 Å². The van der Waals surface area contributed by atoms with Crippen LogP contribution in [0.25, 0.3) is 0 Å². The molecule has 0 amide bonds. The smallest absolute Gasteiger partial charge is 0.308 e. The number of hydrogen-bond donors (Lipinski definition) is 1. The van der Waals surface area contributed by atoms with Crippen molar-refractivity contribution < 1.29 is 33.6 Å². The van der Waals surface area contributed by atoms with E-state index in [0.717, 1.165) is 25.7 Å². The van der Waals surface area contributed by atoms with Gasteiger partial charge in [-0.05, 0) is 12.8 Å². The molecule has 0 saturated carbocycles. The van der Waals surface area contributed by atoms with Gasteiger partial charge in [0, 0.05) is 25.6 Å². The van der Waals surface area contributed by atoms with E-state index < -0.39 is 36.5 Å². The SMILES string of the molecule is CCCCOC1[C@H](O)OC(CC(=O)OC)[C@@H](CC(=O)CCl)[C@@H]1OCCCC. The van der Waals surface area contributed by atoms with Crippen molar-refractivity contribution in [1.29, 1.82) is 0 Å². The molecule has 1 N–H and O–H groups in total. The molecule has 1 fully saturated rings. The van der Waals surface area contributed by atoms with E-state index in [1.807, 2.05) is 13.8 Å². The number of methoxy groups -OCH3 is 1. The third-order valence-corrected chi connectivity index (χ3v) is 4.94. The Morgan fingerprint density at radius 3 is 2.15 bits per heavy atom. The van der Waals surface area contributed by atoms with Crippen LogP contribution >= 0.6 is 11.6 Å². The van der Waals surface area contributed by atoms with Crippen molar-refractivity contribution in [2.45, 2.75) is 77.0 Å². The molecule has 0 aromatic heterocycles. The number of carbonyl (C=O) groups excluding carboxylic acids is 2. The molecule has 8 heteroatoms. The monoisotopic (exact) mass is 408 g/mol. The molecule has 27 heavy (non-hydrogen) atoms. The Hall–Kier alpha value is -0.730. The minimum absolute atomic E-state index is 0.0802. The summed E-state index contributed by atoms with van der Waals surface area (Å²) in [6.07, 6.45) is 0.325. The van der Waals surface area contributed by atoms with Crippen molar-refractivity contribution >= 4 is 23.4 Å². The number of rotatable bonds is 13. The zero-order valence-electron chi connectivity index (χ0n) is 16.5. The number of unbranched alkanes of at least 4 members (excludes halogenated alkanes) is 2. The van der Waals surface area contributed by atoms with Gasteiger partial charge in [0.1, 0.15) is 11.9 Å². The Bertz CT molecular complexity index is 446. The molecule has 1 aliphatic rings. The van der Waals surface area contributed by atoms with Crippen LogP contribution in [0.4, 0.5) is 0 Å². The average molecular weight is 409 g/mol. The lowest BCUT2D eigenvalue weighted by Gasteiger charge is -2.44.